The Bertz CT molecular complexity index is 792. The molecule has 0 unspecified atom stereocenters. The Morgan fingerprint density at radius 3 is 2.88 bits per heavy atom. The van der Waals surface area contributed by atoms with E-state index in [4.69, 9.17) is 29.8 Å². The van der Waals surface area contributed by atoms with E-state index in [1.165, 1.54) is 0 Å². The SMILES string of the molecule is COCOc1ccc(N)cc1COc1ccc2c(c1)OC[C@H]2CC(=O)O. The lowest BCUT2D eigenvalue weighted by atomic mass is 9.98. The van der Waals surface area contributed by atoms with E-state index < -0.39 is 5.97 Å². The average Bonchev–Trinajstić information content (AvgIpc) is 3.00. The summed E-state index contributed by atoms with van der Waals surface area (Å²) in [6.07, 6.45) is 0.0523. The number of carboxylic acids is 1. The molecule has 0 saturated carbocycles. The van der Waals surface area contributed by atoms with Crippen molar-refractivity contribution in [2.24, 2.45) is 0 Å². The number of aliphatic carboxylic acids is 1. The smallest absolute Gasteiger partial charge is 0.304 e. The zero-order chi connectivity index (χ0) is 18.5. The molecule has 2 aromatic carbocycles. The summed E-state index contributed by atoms with van der Waals surface area (Å²) in [7, 11) is 1.55. The summed E-state index contributed by atoms with van der Waals surface area (Å²) < 4.78 is 21.9. The first-order valence-corrected chi connectivity index (χ1v) is 8.18. The monoisotopic (exact) mass is 359 g/mol. The van der Waals surface area contributed by atoms with Crippen LogP contribution in [0.1, 0.15) is 23.5 Å². The molecule has 0 amide bonds. The molecule has 0 radical (unpaired) electrons. The largest absolute Gasteiger partial charge is 0.492 e. The Kier molecular flexibility index (Phi) is 5.48. The van der Waals surface area contributed by atoms with Crippen LogP contribution in [0.3, 0.4) is 0 Å². The van der Waals surface area contributed by atoms with Crippen LogP contribution in [0.25, 0.3) is 0 Å². The van der Waals surface area contributed by atoms with Gasteiger partial charge in [-0.1, -0.05) is 6.07 Å². The highest BCUT2D eigenvalue weighted by atomic mass is 16.7. The van der Waals surface area contributed by atoms with Crippen LogP contribution < -0.4 is 19.9 Å². The van der Waals surface area contributed by atoms with Gasteiger partial charge in [0.1, 0.15) is 23.9 Å². The number of carboxylic acid groups (broad SMARTS) is 1. The van der Waals surface area contributed by atoms with Crippen LogP contribution >= 0.6 is 0 Å². The van der Waals surface area contributed by atoms with Crippen molar-refractivity contribution in [1.82, 2.24) is 0 Å². The molecule has 3 rings (SSSR count). The van der Waals surface area contributed by atoms with Crippen LogP contribution in [0.2, 0.25) is 0 Å². The number of carbonyl (C=O) groups is 1. The van der Waals surface area contributed by atoms with E-state index in [9.17, 15) is 4.79 Å². The molecule has 0 aromatic heterocycles. The van der Waals surface area contributed by atoms with Gasteiger partial charge in [0.25, 0.3) is 0 Å². The predicted octanol–water partition coefficient (Wildman–Crippen LogP) is 2.78. The molecule has 0 aliphatic carbocycles. The minimum atomic E-state index is -0.836. The number of methoxy groups -OCH3 is 1. The Morgan fingerprint density at radius 2 is 2.12 bits per heavy atom. The maximum Gasteiger partial charge on any atom is 0.304 e. The minimum Gasteiger partial charge on any atom is -0.492 e. The van der Waals surface area contributed by atoms with Crippen LogP contribution in [0, 0.1) is 0 Å². The summed E-state index contributed by atoms with van der Waals surface area (Å²) in [5, 5.41) is 8.96. The lowest BCUT2D eigenvalue weighted by Gasteiger charge is -2.13. The molecule has 1 aliphatic rings. The van der Waals surface area contributed by atoms with Crippen molar-refractivity contribution in [2.45, 2.75) is 18.9 Å². The van der Waals surface area contributed by atoms with Crippen molar-refractivity contribution >= 4 is 11.7 Å². The quantitative estimate of drug-likeness (QED) is 0.552. The number of hydrogen-bond acceptors (Lipinski definition) is 6. The van der Waals surface area contributed by atoms with Crippen molar-refractivity contribution in [2.75, 3.05) is 26.2 Å². The van der Waals surface area contributed by atoms with Crippen LogP contribution in [-0.2, 0) is 16.1 Å². The van der Waals surface area contributed by atoms with E-state index in [0.717, 1.165) is 11.1 Å². The second-order valence-corrected chi connectivity index (χ2v) is 6.01. The van der Waals surface area contributed by atoms with Gasteiger partial charge in [-0.15, -0.1) is 0 Å². The second kappa shape index (κ2) is 7.97. The molecule has 3 N–H and O–H groups in total. The van der Waals surface area contributed by atoms with Crippen molar-refractivity contribution in [3.8, 4) is 17.2 Å². The van der Waals surface area contributed by atoms with E-state index in [1.54, 1.807) is 31.4 Å². The molecule has 7 nitrogen and oxygen atoms in total. The summed E-state index contributed by atoms with van der Waals surface area (Å²) in [5.41, 5.74) is 8.15. The van der Waals surface area contributed by atoms with Gasteiger partial charge in [0.15, 0.2) is 6.79 Å². The standard InChI is InChI=1S/C19H21NO6/c1-23-11-26-17-5-2-14(20)6-13(17)10-24-15-3-4-16-12(7-19(21)22)9-25-18(16)8-15/h2-6,8,12H,7,9-11,20H2,1H3,(H,21,22)/t12-/m1/s1. The number of nitrogens with two attached hydrogens (primary N) is 1. The highest BCUT2D eigenvalue weighted by Gasteiger charge is 2.26. The van der Waals surface area contributed by atoms with Gasteiger partial charge in [-0.25, -0.2) is 0 Å². The van der Waals surface area contributed by atoms with Gasteiger partial charge in [-0.3, -0.25) is 4.79 Å². The summed E-state index contributed by atoms with van der Waals surface area (Å²) >= 11 is 0. The Labute approximate surface area is 151 Å². The molecule has 138 valence electrons. The fourth-order valence-electron chi connectivity index (χ4n) is 2.86. The van der Waals surface area contributed by atoms with E-state index in [1.807, 2.05) is 12.1 Å². The van der Waals surface area contributed by atoms with Gasteiger partial charge in [0.2, 0.25) is 0 Å². The summed E-state index contributed by atoms with van der Waals surface area (Å²) in [5.74, 6) is 0.966. The molecule has 0 fully saturated rings. The zero-order valence-corrected chi connectivity index (χ0v) is 14.4. The molecule has 0 spiro atoms. The topological polar surface area (TPSA) is 100 Å². The van der Waals surface area contributed by atoms with Crippen LogP contribution in [0.4, 0.5) is 5.69 Å². The first-order valence-electron chi connectivity index (χ1n) is 8.18. The summed E-state index contributed by atoms with van der Waals surface area (Å²) in [6, 6.07) is 10.8. The van der Waals surface area contributed by atoms with E-state index in [2.05, 4.69) is 0 Å². The van der Waals surface area contributed by atoms with Gasteiger partial charge >= 0.3 is 5.97 Å². The van der Waals surface area contributed by atoms with Crippen LogP contribution in [0.5, 0.6) is 17.2 Å². The molecule has 26 heavy (non-hydrogen) atoms. The van der Waals surface area contributed by atoms with Gasteiger partial charge in [0, 0.05) is 35.9 Å². The molecule has 1 aliphatic heterocycles. The van der Waals surface area contributed by atoms with Gasteiger partial charge in [0.05, 0.1) is 13.0 Å². The Morgan fingerprint density at radius 1 is 1.27 bits per heavy atom. The third-order valence-corrected chi connectivity index (χ3v) is 4.10. The lowest BCUT2D eigenvalue weighted by molar-refractivity contribution is -0.137. The fourth-order valence-corrected chi connectivity index (χ4v) is 2.86. The maximum atomic E-state index is 10.9. The van der Waals surface area contributed by atoms with Crippen LogP contribution in [-0.4, -0.2) is 31.6 Å². The molecule has 2 aromatic rings. The van der Waals surface area contributed by atoms with Crippen molar-refractivity contribution in [3.05, 3.63) is 47.5 Å². The van der Waals surface area contributed by atoms with E-state index in [0.29, 0.717) is 29.5 Å². The molecular weight excluding hydrogens is 338 g/mol. The molecule has 0 saturated heterocycles. The number of fused-ring (bicyclic) bond motifs is 1. The van der Waals surface area contributed by atoms with Crippen molar-refractivity contribution < 1.29 is 28.8 Å². The normalized spacial score (nSPS) is 15.2. The van der Waals surface area contributed by atoms with Crippen molar-refractivity contribution in [1.29, 1.82) is 0 Å². The lowest BCUT2D eigenvalue weighted by Crippen LogP contribution is -2.07. The van der Waals surface area contributed by atoms with E-state index in [-0.39, 0.29) is 25.7 Å². The highest BCUT2D eigenvalue weighted by molar-refractivity contribution is 5.68. The molecule has 7 heteroatoms. The van der Waals surface area contributed by atoms with Gasteiger partial charge in [-0.05, 0) is 24.3 Å². The molecular formula is C19H21NO6. The first-order chi connectivity index (χ1) is 12.6. The number of ether oxygens (including phenoxy) is 4. The number of nitrogen functional groups attached to an aromatic ring is 1. The second-order valence-electron chi connectivity index (χ2n) is 6.01. The number of anilines is 1. The number of rotatable bonds is 8. The van der Waals surface area contributed by atoms with Crippen LogP contribution in [0.15, 0.2) is 36.4 Å². The Balaban J connectivity index is 1.69. The Hall–Kier alpha value is -2.93. The van der Waals surface area contributed by atoms with Gasteiger partial charge in [-0.2, -0.15) is 0 Å². The maximum absolute atomic E-state index is 10.9. The minimum absolute atomic E-state index is 0.0523. The molecule has 0 bridgehead atoms. The van der Waals surface area contributed by atoms with Crippen molar-refractivity contribution in [3.63, 3.8) is 0 Å². The number of hydrogen-bond donors (Lipinski definition) is 2. The zero-order valence-electron chi connectivity index (χ0n) is 14.4. The molecule has 1 atom stereocenters. The highest BCUT2D eigenvalue weighted by Crippen LogP contribution is 2.38. The van der Waals surface area contributed by atoms with E-state index >= 15 is 0 Å². The summed E-state index contributed by atoms with van der Waals surface area (Å²) in [4.78, 5) is 10.9. The average molecular weight is 359 g/mol. The van der Waals surface area contributed by atoms with Gasteiger partial charge < -0.3 is 29.8 Å². The predicted molar refractivity (Wildman–Crippen MR) is 94.6 cm³/mol. The number of benzene rings is 2. The fraction of sp³-hybridized carbons (Fsp3) is 0.316. The first kappa shape index (κ1) is 17.9. The third kappa shape index (κ3) is 4.18. The third-order valence-electron chi connectivity index (χ3n) is 4.10. The molecule has 1 heterocycles. The summed E-state index contributed by atoms with van der Waals surface area (Å²) in [6.45, 7) is 0.769.